The molecule has 0 radical (unpaired) electrons. The zero-order valence-electron chi connectivity index (χ0n) is 17.1. The van der Waals surface area contributed by atoms with Gasteiger partial charge in [0.15, 0.2) is 0 Å². The summed E-state index contributed by atoms with van der Waals surface area (Å²) in [5, 5.41) is 0.846. The maximum absolute atomic E-state index is 13.2. The number of benzene rings is 2. The topological polar surface area (TPSA) is 45.8 Å². The van der Waals surface area contributed by atoms with Crippen molar-refractivity contribution in [3.8, 4) is 0 Å². The SMILES string of the molecule is O=c1[nH]c(C(Cc2ccccc2)Cc2ccccc2)nc2sc3c(c12)CCCCC3. The minimum atomic E-state index is 0.0422. The lowest BCUT2D eigenvalue weighted by molar-refractivity contribution is 0.635. The lowest BCUT2D eigenvalue weighted by Crippen LogP contribution is -2.18. The molecule has 0 fully saturated rings. The van der Waals surface area contributed by atoms with Crippen LogP contribution in [0.25, 0.3) is 10.2 Å². The van der Waals surface area contributed by atoms with E-state index in [2.05, 4.69) is 53.5 Å². The number of aromatic nitrogens is 2. The number of aryl methyl sites for hydroxylation is 2. The fraction of sp³-hybridized carbons (Fsp3) is 0.308. The molecule has 0 unspecified atom stereocenters. The van der Waals surface area contributed by atoms with Gasteiger partial charge in [0.2, 0.25) is 0 Å². The van der Waals surface area contributed by atoms with Crippen LogP contribution in [0.15, 0.2) is 65.5 Å². The van der Waals surface area contributed by atoms with E-state index >= 15 is 0 Å². The molecule has 0 saturated carbocycles. The van der Waals surface area contributed by atoms with Crippen molar-refractivity contribution in [1.82, 2.24) is 9.97 Å². The molecule has 4 heteroatoms. The number of rotatable bonds is 5. The first kappa shape index (κ1) is 19.3. The standard InChI is InChI=1S/C26H26N2OS/c29-25-23-21-14-8-3-9-15-22(21)30-26(23)28-24(27-25)20(16-18-10-4-1-5-11-18)17-19-12-6-2-7-13-19/h1-2,4-7,10-13,20H,3,8-9,14-17H2,(H,27,28,29). The second-order valence-electron chi connectivity index (χ2n) is 8.27. The molecule has 2 heterocycles. The summed E-state index contributed by atoms with van der Waals surface area (Å²) >= 11 is 1.74. The highest BCUT2D eigenvalue weighted by Crippen LogP contribution is 2.34. The van der Waals surface area contributed by atoms with Gasteiger partial charge in [-0.25, -0.2) is 4.98 Å². The third-order valence-electron chi connectivity index (χ3n) is 6.13. The molecule has 0 saturated heterocycles. The fourth-order valence-electron chi connectivity index (χ4n) is 4.61. The number of nitrogens with one attached hydrogen (secondary N) is 1. The van der Waals surface area contributed by atoms with Crippen molar-refractivity contribution in [2.75, 3.05) is 0 Å². The van der Waals surface area contributed by atoms with Crippen molar-refractivity contribution in [2.24, 2.45) is 0 Å². The lowest BCUT2D eigenvalue weighted by Gasteiger charge is -2.17. The number of aromatic amines is 1. The Morgan fingerprint density at radius 2 is 1.50 bits per heavy atom. The summed E-state index contributed by atoms with van der Waals surface area (Å²) in [6.07, 6.45) is 7.45. The van der Waals surface area contributed by atoms with Crippen LogP contribution >= 0.6 is 11.3 Å². The zero-order valence-corrected chi connectivity index (χ0v) is 17.9. The summed E-state index contributed by atoms with van der Waals surface area (Å²) in [5.41, 5.74) is 3.84. The van der Waals surface area contributed by atoms with Gasteiger partial charge in [0, 0.05) is 10.8 Å². The Hall–Kier alpha value is -2.72. The molecule has 1 aliphatic carbocycles. The Kier molecular flexibility index (Phi) is 5.50. The lowest BCUT2D eigenvalue weighted by atomic mass is 9.91. The monoisotopic (exact) mass is 414 g/mol. The smallest absolute Gasteiger partial charge is 0.259 e. The first-order chi connectivity index (χ1) is 14.8. The third kappa shape index (κ3) is 3.97. The third-order valence-corrected chi connectivity index (χ3v) is 7.32. The van der Waals surface area contributed by atoms with E-state index in [-0.39, 0.29) is 11.5 Å². The predicted octanol–water partition coefficient (Wildman–Crippen LogP) is 5.82. The van der Waals surface area contributed by atoms with Crippen LogP contribution < -0.4 is 5.56 Å². The Bertz CT molecular complexity index is 1150. The molecule has 0 atom stereocenters. The van der Waals surface area contributed by atoms with Gasteiger partial charge in [-0.2, -0.15) is 0 Å². The second-order valence-corrected chi connectivity index (χ2v) is 9.36. The molecule has 0 aliphatic heterocycles. The van der Waals surface area contributed by atoms with Crippen molar-refractivity contribution < 1.29 is 0 Å². The molecule has 1 N–H and O–H groups in total. The van der Waals surface area contributed by atoms with Gasteiger partial charge in [-0.15, -0.1) is 11.3 Å². The quantitative estimate of drug-likeness (QED) is 0.418. The van der Waals surface area contributed by atoms with Gasteiger partial charge < -0.3 is 4.98 Å². The minimum Gasteiger partial charge on any atom is -0.310 e. The maximum Gasteiger partial charge on any atom is 0.259 e. The normalized spacial score (nSPS) is 14.0. The first-order valence-corrected chi connectivity index (χ1v) is 11.7. The number of fused-ring (bicyclic) bond motifs is 3. The Morgan fingerprint density at radius 3 is 2.17 bits per heavy atom. The molecule has 2 aromatic heterocycles. The highest BCUT2D eigenvalue weighted by Gasteiger charge is 2.22. The largest absolute Gasteiger partial charge is 0.310 e. The van der Waals surface area contributed by atoms with Crippen LogP contribution in [0, 0.1) is 0 Å². The summed E-state index contributed by atoms with van der Waals surface area (Å²) in [6, 6.07) is 21.0. The van der Waals surface area contributed by atoms with Crippen LogP contribution in [-0.2, 0) is 25.7 Å². The number of hydrogen-bond donors (Lipinski definition) is 1. The fourth-order valence-corrected chi connectivity index (χ4v) is 5.88. The van der Waals surface area contributed by atoms with Crippen molar-refractivity contribution >= 4 is 21.6 Å². The molecule has 0 amide bonds. The van der Waals surface area contributed by atoms with Gasteiger partial charge in [-0.1, -0.05) is 67.1 Å². The van der Waals surface area contributed by atoms with Crippen molar-refractivity contribution in [3.05, 3.63) is 98.4 Å². The van der Waals surface area contributed by atoms with Gasteiger partial charge in [-0.3, -0.25) is 4.79 Å². The second kappa shape index (κ2) is 8.57. The summed E-state index contributed by atoms with van der Waals surface area (Å²) < 4.78 is 0. The van der Waals surface area contributed by atoms with Gasteiger partial charge in [0.05, 0.1) is 5.39 Å². The molecule has 0 spiro atoms. The zero-order chi connectivity index (χ0) is 20.3. The summed E-state index contributed by atoms with van der Waals surface area (Å²) in [4.78, 5) is 23.7. The van der Waals surface area contributed by atoms with E-state index in [1.165, 1.54) is 40.8 Å². The highest BCUT2D eigenvalue weighted by atomic mass is 32.1. The van der Waals surface area contributed by atoms with Crippen LogP contribution in [0.3, 0.4) is 0 Å². The average Bonchev–Trinajstić information content (AvgIpc) is 2.97. The Balaban J connectivity index is 1.56. The molecule has 2 aromatic carbocycles. The molecule has 1 aliphatic rings. The summed E-state index contributed by atoms with van der Waals surface area (Å²) in [7, 11) is 0. The van der Waals surface area contributed by atoms with Crippen molar-refractivity contribution in [1.29, 1.82) is 0 Å². The van der Waals surface area contributed by atoms with E-state index in [1.54, 1.807) is 11.3 Å². The molecule has 30 heavy (non-hydrogen) atoms. The van der Waals surface area contributed by atoms with E-state index in [0.717, 1.165) is 41.7 Å². The van der Waals surface area contributed by atoms with Crippen LogP contribution in [0.1, 0.15) is 52.6 Å². The van der Waals surface area contributed by atoms with E-state index < -0.39 is 0 Å². The Labute approximate surface area is 180 Å². The molecule has 5 rings (SSSR count). The number of H-pyrrole nitrogens is 1. The molecular formula is C26H26N2OS. The minimum absolute atomic E-state index is 0.0422. The maximum atomic E-state index is 13.2. The van der Waals surface area contributed by atoms with Crippen LogP contribution in [0.4, 0.5) is 0 Å². The van der Waals surface area contributed by atoms with E-state index in [1.807, 2.05) is 12.1 Å². The van der Waals surface area contributed by atoms with Crippen LogP contribution in [-0.4, -0.2) is 9.97 Å². The van der Waals surface area contributed by atoms with Crippen molar-refractivity contribution in [2.45, 2.75) is 50.9 Å². The first-order valence-electron chi connectivity index (χ1n) is 10.9. The molecular weight excluding hydrogens is 388 g/mol. The molecule has 152 valence electrons. The van der Waals surface area contributed by atoms with Crippen LogP contribution in [0.5, 0.6) is 0 Å². The van der Waals surface area contributed by atoms with E-state index in [0.29, 0.717) is 0 Å². The number of nitrogens with zero attached hydrogens (tertiary/aromatic N) is 1. The summed E-state index contributed by atoms with van der Waals surface area (Å²) in [5.74, 6) is 0.949. The number of hydrogen-bond acceptors (Lipinski definition) is 3. The molecule has 3 nitrogen and oxygen atoms in total. The number of thiophene rings is 1. The van der Waals surface area contributed by atoms with Gasteiger partial charge in [0.25, 0.3) is 5.56 Å². The Morgan fingerprint density at radius 1 is 0.867 bits per heavy atom. The van der Waals surface area contributed by atoms with E-state index in [9.17, 15) is 4.79 Å². The van der Waals surface area contributed by atoms with Crippen LogP contribution in [0.2, 0.25) is 0 Å². The van der Waals surface area contributed by atoms with Gasteiger partial charge >= 0.3 is 0 Å². The summed E-state index contributed by atoms with van der Waals surface area (Å²) in [6.45, 7) is 0. The van der Waals surface area contributed by atoms with E-state index in [4.69, 9.17) is 4.98 Å². The highest BCUT2D eigenvalue weighted by molar-refractivity contribution is 7.18. The molecule has 4 aromatic rings. The predicted molar refractivity (Wildman–Crippen MR) is 125 cm³/mol. The van der Waals surface area contributed by atoms with Gasteiger partial charge in [-0.05, 0) is 55.2 Å². The van der Waals surface area contributed by atoms with Gasteiger partial charge in [0.1, 0.15) is 10.7 Å². The van der Waals surface area contributed by atoms with Crippen molar-refractivity contribution in [3.63, 3.8) is 0 Å². The molecule has 0 bridgehead atoms. The average molecular weight is 415 g/mol.